The van der Waals surface area contributed by atoms with Crippen LogP contribution in [0.5, 0.6) is 0 Å². The van der Waals surface area contributed by atoms with Crippen LogP contribution in [0.15, 0.2) is 36.4 Å². The molecule has 1 aromatic carbocycles. The van der Waals surface area contributed by atoms with Gasteiger partial charge in [-0.15, -0.1) is 11.3 Å². The van der Waals surface area contributed by atoms with Crippen molar-refractivity contribution in [1.82, 2.24) is 9.80 Å². The van der Waals surface area contributed by atoms with Gasteiger partial charge in [-0.2, -0.15) is 0 Å². The molecule has 1 atom stereocenters. The largest absolute Gasteiger partial charge is 0.376 e. The number of piperidine rings is 1. The number of aryl methyl sites for hydroxylation is 1. The number of likely N-dealkylation sites (tertiary alicyclic amines) is 1. The Morgan fingerprint density at radius 3 is 2.42 bits per heavy atom. The lowest BCUT2D eigenvalue weighted by Gasteiger charge is -2.38. The molecule has 5 heteroatoms. The molecule has 2 aromatic rings. The minimum absolute atomic E-state index is 0.197. The summed E-state index contributed by atoms with van der Waals surface area (Å²) in [6.07, 6.45) is 7.17. The van der Waals surface area contributed by atoms with Crippen LogP contribution in [0.1, 0.15) is 51.4 Å². The molecule has 1 amide bonds. The zero-order chi connectivity index (χ0) is 21.2. The van der Waals surface area contributed by atoms with Crippen LogP contribution in [0, 0.1) is 12.8 Å². The fourth-order valence-corrected chi connectivity index (χ4v) is 6.42. The second-order valence-electron chi connectivity index (χ2n) is 9.57. The molecule has 1 unspecified atom stereocenters. The molecule has 31 heavy (non-hydrogen) atoms. The molecule has 2 aliphatic heterocycles. The van der Waals surface area contributed by atoms with Gasteiger partial charge in [-0.3, -0.25) is 9.69 Å². The molecule has 4 nitrogen and oxygen atoms in total. The highest BCUT2D eigenvalue weighted by atomic mass is 32.1. The number of thiophene rings is 1. The highest BCUT2D eigenvalue weighted by Gasteiger charge is 2.32. The molecule has 1 aliphatic carbocycles. The molecule has 0 radical (unpaired) electrons. The van der Waals surface area contributed by atoms with Crippen LogP contribution in [0.4, 0.5) is 0 Å². The summed E-state index contributed by atoms with van der Waals surface area (Å²) in [4.78, 5) is 20.2. The second kappa shape index (κ2) is 9.43. The van der Waals surface area contributed by atoms with Crippen LogP contribution in [-0.4, -0.2) is 60.6 Å². The van der Waals surface area contributed by atoms with E-state index < -0.39 is 0 Å². The number of carbonyl (C=O) groups excluding carboxylic acids is 1. The predicted molar refractivity (Wildman–Crippen MR) is 126 cm³/mol. The molecule has 0 N–H and O–H groups in total. The smallest absolute Gasteiger partial charge is 0.264 e. The molecule has 0 bridgehead atoms. The quantitative estimate of drug-likeness (QED) is 0.663. The molecule has 0 saturated carbocycles. The van der Waals surface area contributed by atoms with E-state index >= 15 is 0 Å². The maximum atomic E-state index is 13.3. The minimum Gasteiger partial charge on any atom is -0.376 e. The summed E-state index contributed by atoms with van der Waals surface area (Å²) in [5.41, 5.74) is 3.07. The van der Waals surface area contributed by atoms with E-state index in [9.17, 15) is 4.79 Å². The zero-order valence-corrected chi connectivity index (χ0v) is 19.4. The summed E-state index contributed by atoms with van der Waals surface area (Å²) in [7, 11) is 0. The maximum absolute atomic E-state index is 13.3. The second-order valence-corrected chi connectivity index (χ2v) is 10.9. The summed E-state index contributed by atoms with van der Waals surface area (Å²) in [6, 6.07) is 13.6. The lowest BCUT2D eigenvalue weighted by molar-refractivity contribution is 0.0433. The average molecular weight is 439 g/mol. The Hall–Kier alpha value is -1.69. The van der Waals surface area contributed by atoms with Crippen molar-refractivity contribution < 1.29 is 9.53 Å². The summed E-state index contributed by atoms with van der Waals surface area (Å²) in [5, 5.41) is 0. The van der Waals surface area contributed by atoms with Gasteiger partial charge in [0.1, 0.15) is 0 Å². The fraction of sp³-hybridized carbons (Fsp3) is 0.577. The molecule has 166 valence electrons. The Balaban J connectivity index is 1.18. The van der Waals surface area contributed by atoms with Gasteiger partial charge in [-0.25, -0.2) is 0 Å². The van der Waals surface area contributed by atoms with Gasteiger partial charge in [0, 0.05) is 30.6 Å². The van der Waals surface area contributed by atoms with E-state index in [1.165, 1.54) is 41.7 Å². The van der Waals surface area contributed by atoms with Gasteiger partial charge in [0.05, 0.1) is 11.0 Å². The highest BCUT2D eigenvalue weighted by molar-refractivity contribution is 7.13. The number of nitrogens with zero attached hydrogens (tertiary/aromatic N) is 2. The summed E-state index contributed by atoms with van der Waals surface area (Å²) >= 11 is 1.62. The molecule has 1 aromatic heterocycles. The Morgan fingerprint density at radius 1 is 1.06 bits per heavy atom. The lowest BCUT2D eigenvalue weighted by Crippen LogP contribution is -2.46. The normalized spacial score (nSPS) is 22.7. The molecule has 5 rings (SSSR count). The Bertz CT molecular complexity index is 871. The van der Waals surface area contributed by atoms with Crippen LogP contribution in [0.25, 0.3) is 0 Å². The van der Waals surface area contributed by atoms with Crippen LogP contribution >= 0.6 is 11.3 Å². The van der Waals surface area contributed by atoms with Crippen molar-refractivity contribution in [2.45, 2.75) is 57.6 Å². The van der Waals surface area contributed by atoms with Gasteiger partial charge in [-0.05, 0) is 87.7 Å². The number of hydrogen-bond acceptors (Lipinski definition) is 4. The number of hydrogen-bond donors (Lipinski definition) is 0. The average Bonchev–Trinajstić information content (AvgIpc) is 3.54. The third-order valence-electron chi connectivity index (χ3n) is 7.36. The van der Waals surface area contributed by atoms with E-state index in [2.05, 4.69) is 47.1 Å². The first-order chi connectivity index (χ1) is 15.2. The van der Waals surface area contributed by atoms with Crippen molar-refractivity contribution in [3.8, 4) is 0 Å². The summed E-state index contributed by atoms with van der Waals surface area (Å²) in [6.45, 7) is 6.84. The van der Waals surface area contributed by atoms with Crippen LogP contribution in [0.2, 0.25) is 0 Å². The zero-order valence-electron chi connectivity index (χ0n) is 18.6. The first-order valence-electron chi connectivity index (χ1n) is 11.9. The van der Waals surface area contributed by atoms with E-state index in [4.69, 9.17) is 4.74 Å². The fourth-order valence-electron chi connectivity index (χ4n) is 5.59. The van der Waals surface area contributed by atoms with Gasteiger partial charge in [-0.1, -0.05) is 24.3 Å². The number of carbonyl (C=O) groups is 1. The van der Waals surface area contributed by atoms with Crippen molar-refractivity contribution in [2.75, 3.05) is 32.8 Å². The van der Waals surface area contributed by atoms with Gasteiger partial charge in [0.25, 0.3) is 5.91 Å². The van der Waals surface area contributed by atoms with E-state index in [0.29, 0.717) is 12.0 Å². The summed E-state index contributed by atoms with van der Waals surface area (Å²) < 4.78 is 5.88. The molecular weight excluding hydrogens is 404 g/mol. The topological polar surface area (TPSA) is 32.8 Å². The van der Waals surface area contributed by atoms with Crippen LogP contribution in [-0.2, 0) is 17.6 Å². The van der Waals surface area contributed by atoms with Gasteiger partial charge >= 0.3 is 0 Å². The molecular formula is C26H34N2O2S. The van der Waals surface area contributed by atoms with Crippen molar-refractivity contribution >= 4 is 17.2 Å². The maximum Gasteiger partial charge on any atom is 0.264 e. The third-order valence-corrected chi connectivity index (χ3v) is 8.35. The molecule has 3 aliphatic rings. The number of benzene rings is 1. The van der Waals surface area contributed by atoms with Gasteiger partial charge in [0.2, 0.25) is 0 Å². The molecule has 2 saturated heterocycles. The van der Waals surface area contributed by atoms with Crippen LogP contribution < -0.4 is 0 Å². The van der Waals surface area contributed by atoms with Gasteiger partial charge in [0.15, 0.2) is 0 Å². The SMILES string of the molecule is Cc1ccc(C(=O)N(CC2CCN(C3Cc4ccccc4C3)CC2)CC2CCCO2)s1. The van der Waals surface area contributed by atoms with Crippen molar-refractivity contribution in [2.24, 2.45) is 5.92 Å². The predicted octanol–water partition coefficient (Wildman–Crippen LogP) is 4.56. The first kappa shape index (κ1) is 21.2. The summed E-state index contributed by atoms with van der Waals surface area (Å²) in [5.74, 6) is 0.786. The molecule has 0 spiro atoms. The van der Waals surface area contributed by atoms with E-state index in [-0.39, 0.29) is 12.0 Å². The number of amides is 1. The minimum atomic E-state index is 0.197. The third kappa shape index (κ3) is 4.89. The monoisotopic (exact) mass is 438 g/mol. The number of fused-ring (bicyclic) bond motifs is 1. The van der Waals surface area contributed by atoms with E-state index in [1.54, 1.807) is 11.3 Å². The Morgan fingerprint density at radius 2 is 1.81 bits per heavy atom. The molecule has 3 heterocycles. The molecule has 2 fully saturated rings. The Kier molecular flexibility index (Phi) is 6.44. The first-order valence-corrected chi connectivity index (χ1v) is 12.8. The van der Waals surface area contributed by atoms with Crippen molar-refractivity contribution in [3.63, 3.8) is 0 Å². The van der Waals surface area contributed by atoms with Crippen molar-refractivity contribution in [1.29, 1.82) is 0 Å². The lowest BCUT2D eigenvalue weighted by atomic mass is 9.94. The Labute approximate surface area is 190 Å². The van der Waals surface area contributed by atoms with E-state index in [1.807, 2.05) is 6.07 Å². The van der Waals surface area contributed by atoms with Crippen LogP contribution in [0.3, 0.4) is 0 Å². The number of rotatable bonds is 6. The standard InChI is InChI=1S/C26H34N2O2S/c1-19-8-9-25(31-19)26(29)28(18-24-7-4-14-30-24)17-20-10-12-27(13-11-20)23-15-21-5-2-3-6-22(21)16-23/h2-3,5-6,8-9,20,23-24H,4,7,10-18H2,1H3. The van der Waals surface area contributed by atoms with E-state index in [0.717, 1.165) is 50.5 Å². The highest BCUT2D eigenvalue weighted by Crippen LogP contribution is 2.29. The number of ether oxygens (including phenoxy) is 1. The van der Waals surface area contributed by atoms with Crippen molar-refractivity contribution in [3.05, 3.63) is 57.3 Å². The van der Waals surface area contributed by atoms with Gasteiger partial charge < -0.3 is 9.64 Å².